The van der Waals surface area contributed by atoms with Crippen molar-refractivity contribution in [2.24, 2.45) is 0 Å². The van der Waals surface area contributed by atoms with Gasteiger partial charge in [-0.05, 0) is 36.4 Å². The molecular weight excluding hydrogens is 429 g/mol. The van der Waals surface area contributed by atoms with Gasteiger partial charge < -0.3 is 50.8 Å². The molecule has 3 aromatic rings. The van der Waals surface area contributed by atoms with Gasteiger partial charge in [-0.1, -0.05) is 54.6 Å². The maximum Gasteiger partial charge on any atom is 3.00 e. The second kappa shape index (κ2) is 15.0. The van der Waals surface area contributed by atoms with Gasteiger partial charge in [0.1, 0.15) is 17.2 Å². The van der Waals surface area contributed by atoms with Crippen LogP contribution in [-0.2, 0) is 0 Å². The van der Waals surface area contributed by atoms with Crippen LogP contribution in [0.5, 0.6) is 17.2 Å². The molecule has 3 nitrogen and oxygen atoms in total. The Morgan fingerprint density at radius 1 is 0.423 bits per heavy atom. The smallest absolute Gasteiger partial charge is 1.00 e. The maximum atomic E-state index is 5.84. The third kappa shape index (κ3) is 9.01. The van der Waals surface area contributed by atoms with Crippen molar-refractivity contribution < 1.29 is 50.8 Å². The first-order valence-corrected chi connectivity index (χ1v) is 7.99. The number of benzene rings is 3. The Balaban J connectivity index is 0. The normalized spacial score (nSPS) is 8.65. The molecule has 0 N–H and O–H groups in total. The van der Waals surface area contributed by atoms with Crippen LogP contribution in [0.3, 0.4) is 0 Å². The van der Waals surface area contributed by atoms with E-state index in [1.807, 2.05) is 91.0 Å². The van der Waals surface area contributed by atoms with Crippen LogP contribution in [0.15, 0.2) is 91.0 Å². The minimum Gasteiger partial charge on any atom is -1.00 e. The fourth-order valence-electron chi connectivity index (χ4n) is 1.76. The summed E-state index contributed by atoms with van der Waals surface area (Å²) in [6.45, 7) is 0. The van der Waals surface area contributed by atoms with Gasteiger partial charge in [-0.15, -0.1) is 0 Å². The Kier molecular flexibility index (Phi) is 15.6. The van der Waals surface area contributed by atoms with E-state index in [0.29, 0.717) is 17.2 Å². The van der Waals surface area contributed by atoms with E-state index in [0.717, 1.165) is 0 Å². The van der Waals surface area contributed by atoms with E-state index < -0.39 is 8.60 Å². The topological polar surface area (TPSA) is 27.7 Å². The molecule has 8 heteroatoms. The van der Waals surface area contributed by atoms with Crippen molar-refractivity contribution in [2.45, 2.75) is 0 Å². The van der Waals surface area contributed by atoms with Gasteiger partial charge >= 0.3 is 26.0 Å². The molecule has 0 aliphatic carbocycles. The van der Waals surface area contributed by atoms with E-state index in [2.05, 4.69) is 0 Å². The molecule has 0 aliphatic rings. The second-order valence-corrected chi connectivity index (χ2v) is 5.43. The van der Waals surface area contributed by atoms with E-state index in [1.54, 1.807) is 0 Å². The molecule has 0 radical (unpaired) electrons. The number of hydrogen-bond acceptors (Lipinski definition) is 3. The van der Waals surface area contributed by atoms with Crippen molar-refractivity contribution in [3.63, 3.8) is 0 Å². The van der Waals surface area contributed by atoms with Crippen LogP contribution in [0.1, 0.15) is 0 Å². The zero-order chi connectivity index (χ0) is 15.0. The van der Waals surface area contributed by atoms with Gasteiger partial charge in [-0.25, -0.2) is 0 Å². The Hall–Kier alpha value is -1.11. The largest absolute Gasteiger partial charge is 3.00 e. The molecule has 0 aliphatic heterocycles. The molecule has 3 aromatic carbocycles. The molecular formula is C18H15AlCl3O3P. The molecule has 0 amide bonds. The number of hydrogen-bond donors (Lipinski definition) is 0. The van der Waals surface area contributed by atoms with Crippen LogP contribution in [0.2, 0.25) is 0 Å². The van der Waals surface area contributed by atoms with Crippen molar-refractivity contribution in [3.05, 3.63) is 91.0 Å². The summed E-state index contributed by atoms with van der Waals surface area (Å²) in [5.74, 6) is 2.13. The maximum absolute atomic E-state index is 5.84. The Labute approximate surface area is 184 Å². The van der Waals surface area contributed by atoms with E-state index in [4.69, 9.17) is 13.6 Å². The molecule has 0 fully saturated rings. The van der Waals surface area contributed by atoms with Gasteiger partial charge in [0.05, 0.1) is 0 Å². The summed E-state index contributed by atoms with van der Waals surface area (Å²) in [6.07, 6.45) is 0. The molecule has 0 spiro atoms. The SMILES string of the molecule is [Al+3].[Cl-].[Cl-].[Cl-].c1ccc(OP(Oc2ccccc2)Oc2ccccc2)cc1. The number of halogens is 3. The van der Waals surface area contributed by atoms with Crippen molar-refractivity contribution in [2.75, 3.05) is 0 Å². The predicted molar refractivity (Wildman–Crippen MR) is 93.9 cm³/mol. The van der Waals surface area contributed by atoms with E-state index >= 15 is 0 Å². The molecule has 0 saturated heterocycles. The number of rotatable bonds is 6. The van der Waals surface area contributed by atoms with Crippen molar-refractivity contribution in [1.82, 2.24) is 0 Å². The molecule has 0 saturated carbocycles. The van der Waals surface area contributed by atoms with Gasteiger partial charge in [0.15, 0.2) is 0 Å². The van der Waals surface area contributed by atoms with E-state index in [1.165, 1.54) is 0 Å². The summed E-state index contributed by atoms with van der Waals surface area (Å²) >= 11 is 0. The van der Waals surface area contributed by atoms with Gasteiger partial charge in [0.25, 0.3) is 0 Å². The minimum absolute atomic E-state index is 0. The molecule has 0 aromatic heterocycles. The molecule has 3 rings (SSSR count). The molecule has 134 valence electrons. The molecule has 26 heavy (non-hydrogen) atoms. The molecule has 0 unspecified atom stereocenters. The van der Waals surface area contributed by atoms with Crippen molar-refractivity contribution in [3.8, 4) is 17.2 Å². The standard InChI is InChI=1S/C18H15O3P.Al.3ClH/c1-4-10-16(11-5-1)19-22(20-17-12-6-2-7-13-17)21-18-14-8-3-9-15-18;;;;/h1-15H;;3*1H/q;+3;;;/p-3. The van der Waals surface area contributed by atoms with E-state index in [9.17, 15) is 0 Å². The Morgan fingerprint density at radius 2 is 0.654 bits per heavy atom. The summed E-state index contributed by atoms with van der Waals surface area (Å²) < 4.78 is 17.5. The minimum atomic E-state index is -1.59. The quantitative estimate of drug-likeness (QED) is 0.288. The summed E-state index contributed by atoms with van der Waals surface area (Å²) in [5, 5.41) is 0. The Bertz CT molecular complexity index is 595. The third-order valence-corrected chi connectivity index (χ3v) is 3.85. The van der Waals surface area contributed by atoms with Gasteiger partial charge in [0, 0.05) is 0 Å². The fraction of sp³-hybridized carbons (Fsp3) is 0. The second-order valence-electron chi connectivity index (χ2n) is 4.44. The van der Waals surface area contributed by atoms with Crippen molar-refractivity contribution >= 4 is 26.0 Å². The van der Waals surface area contributed by atoms with Gasteiger partial charge in [-0.2, -0.15) is 0 Å². The first-order valence-electron chi connectivity index (χ1n) is 6.89. The molecule has 0 bridgehead atoms. The van der Waals surface area contributed by atoms with Gasteiger partial charge in [0.2, 0.25) is 0 Å². The summed E-state index contributed by atoms with van der Waals surface area (Å²) in [4.78, 5) is 0. The van der Waals surface area contributed by atoms with Crippen LogP contribution >= 0.6 is 8.60 Å². The summed E-state index contributed by atoms with van der Waals surface area (Å²) in [6, 6.07) is 28.5. The first kappa shape index (κ1) is 27.1. The number of para-hydroxylation sites is 3. The fourth-order valence-corrected chi connectivity index (χ4v) is 2.75. The average molecular weight is 444 g/mol. The monoisotopic (exact) mass is 442 g/mol. The summed E-state index contributed by atoms with van der Waals surface area (Å²) in [7, 11) is -1.59. The van der Waals surface area contributed by atoms with Crippen LogP contribution in [-0.4, -0.2) is 17.4 Å². The van der Waals surface area contributed by atoms with Gasteiger partial charge in [-0.3, -0.25) is 0 Å². The molecule has 0 atom stereocenters. The zero-order valence-electron chi connectivity index (χ0n) is 13.5. The Morgan fingerprint density at radius 3 is 0.885 bits per heavy atom. The van der Waals surface area contributed by atoms with Crippen LogP contribution in [0, 0.1) is 0 Å². The van der Waals surface area contributed by atoms with Crippen LogP contribution in [0.25, 0.3) is 0 Å². The third-order valence-electron chi connectivity index (χ3n) is 2.77. The van der Waals surface area contributed by atoms with Crippen LogP contribution < -0.4 is 50.8 Å². The van der Waals surface area contributed by atoms with Crippen molar-refractivity contribution in [1.29, 1.82) is 0 Å². The average Bonchev–Trinajstić information content (AvgIpc) is 2.57. The predicted octanol–water partition coefficient (Wildman–Crippen LogP) is -3.92. The van der Waals surface area contributed by atoms with E-state index in [-0.39, 0.29) is 54.6 Å². The van der Waals surface area contributed by atoms with Crippen LogP contribution in [0.4, 0.5) is 0 Å². The zero-order valence-corrected chi connectivity index (χ0v) is 17.9. The summed E-state index contributed by atoms with van der Waals surface area (Å²) in [5.41, 5.74) is 0. The molecule has 0 heterocycles. The first-order chi connectivity index (χ1) is 10.9.